The van der Waals surface area contributed by atoms with Gasteiger partial charge in [0.1, 0.15) is 18.1 Å². The molecule has 5 unspecified atom stereocenters. The molecule has 0 saturated heterocycles. The minimum atomic E-state index is -1.14. The quantitative estimate of drug-likeness (QED) is 0.166. The van der Waals surface area contributed by atoms with E-state index in [4.69, 9.17) is 5.73 Å². The summed E-state index contributed by atoms with van der Waals surface area (Å²) in [5.41, 5.74) is 7.77. The Morgan fingerprint density at radius 1 is 0.923 bits per heavy atom. The van der Waals surface area contributed by atoms with E-state index in [1.807, 2.05) is 50.6 Å². The topological polar surface area (TPSA) is 166 Å². The molecule has 0 saturated carbocycles. The molecule has 2 aromatic rings. The molecule has 0 fully saturated rings. The van der Waals surface area contributed by atoms with Crippen molar-refractivity contribution < 1.29 is 24.3 Å². The number of aromatic amines is 1. The Hall–Kier alpha value is -2.70. The number of benzene rings is 1. The van der Waals surface area contributed by atoms with Gasteiger partial charge in [-0.25, -0.2) is 4.79 Å². The van der Waals surface area contributed by atoms with Crippen LogP contribution in [0.4, 0.5) is 0 Å². The number of hydrogen-bond acceptors (Lipinski definition) is 7. The Kier molecular flexibility index (Phi) is 13.7. The van der Waals surface area contributed by atoms with E-state index in [1.54, 1.807) is 6.20 Å². The summed E-state index contributed by atoms with van der Waals surface area (Å²) < 4.78 is 0. The van der Waals surface area contributed by atoms with Crippen molar-refractivity contribution >= 4 is 58.1 Å². The second kappa shape index (κ2) is 16.4. The van der Waals surface area contributed by atoms with Gasteiger partial charge in [-0.1, -0.05) is 38.5 Å². The highest BCUT2D eigenvalue weighted by Gasteiger charge is 2.31. The van der Waals surface area contributed by atoms with E-state index >= 15 is 0 Å². The number of para-hydroxylation sites is 1. The number of rotatable bonds is 17. The number of nitrogens with two attached hydrogens (primary N) is 1. The molecule has 1 heterocycles. The van der Waals surface area contributed by atoms with Crippen LogP contribution >= 0.6 is 23.5 Å². The fourth-order valence-electron chi connectivity index (χ4n) is 4.05. The molecule has 7 N–H and O–H groups in total. The van der Waals surface area contributed by atoms with Crippen LogP contribution in [0.2, 0.25) is 0 Å². The molecule has 1 aromatic heterocycles. The van der Waals surface area contributed by atoms with Crippen LogP contribution in [0.25, 0.3) is 10.9 Å². The second-order valence-corrected chi connectivity index (χ2v) is 11.5. The molecule has 5 atom stereocenters. The van der Waals surface area contributed by atoms with Crippen molar-refractivity contribution in [1.82, 2.24) is 20.9 Å². The van der Waals surface area contributed by atoms with Gasteiger partial charge in [0.05, 0.1) is 6.04 Å². The van der Waals surface area contributed by atoms with E-state index in [9.17, 15) is 24.3 Å². The fraction of sp³-hybridized carbons (Fsp3) is 0.556. The zero-order valence-corrected chi connectivity index (χ0v) is 24.6. The van der Waals surface area contributed by atoms with E-state index in [0.29, 0.717) is 24.3 Å². The first kappa shape index (κ1) is 32.5. The van der Waals surface area contributed by atoms with Gasteiger partial charge >= 0.3 is 5.97 Å². The number of amides is 3. The first-order valence-corrected chi connectivity index (χ1v) is 15.8. The van der Waals surface area contributed by atoms with Gasteiger partial charge in [-0.15, -0.1) is 0 Å². The van der Waals surface area contributed by atoms with Gasteiger partial charge in [-0.3, -0.25) is 14.4 Å². The lowest BCUT2D eigenvalue weighted by Gasteiger charge is -2.26. The van der Waals surface area contributed by atoms with Gasteiger partial charge in [-0.2, -0.15) is 23.5 Å². The molecule has 0 aliphatic carbocycles. The number of H-pyrrole nitrogens is 1. The van der Waals surface area contributed by atoms with Crippen LogP contribution in [0.15, 0.2) is 30.5 Å². The van der Waals surface area contributed by atoms with Crippen LogP contribution in [-0.4, -0.2) is 82.0 Å². The molecule has 10 nitrogen and oxygen atoms in total. The lowest BCUT2D eigenvalue weighted by atomic mass is 9.99. The molecule has 0 aliphatic heterocycles. The summed E-state index contributed by atoms with van der Waals surface area (Å²) in [6.45, 7) is 3.81. The van der Waals surface area contributed by atoms with Gasteiger partial charge < -0.3 is 31.8 Å². The predicted octanol–water partition coefficient (Wildman–Crippen LogP) is 2.13. The number of thioether (sulfide) groups is 2. The van der Waals surface area contributed by atoms with Gasteiger partial charge in [0.15, 0.2) is 0 Å². The monoisotopic (exact) mass is 579 g/mol. The number of aromatic nitrogens is 1. The van der Waals surface area contributed by atoms with Crippen LogP contribution in [-0.2, 0) is 25.6 Å². The zero-order valence-electron chi connectivity index (χ0n) is 23.0. The van der Waals surface area contributed by atoms with Crippen molar-refractivity contribution in [3.63, 3.8) is 0 Å². The highest BCUT2D eigenvalue weighted by atomic mass is 32.2. The van der Waals surface area contributed by atoms with E-state index in [1.165, 1.54) is 23.5 Å². The Morgan fingerprint density at radius 3 is 2.10 bits per heavy atom. The highest BCUT2D eigenvalue weighted by Crippen LogP contribution is 2.19. The zero-order chi connectivity index (χ0) is 28.9. The molecule has 216 valence electrons. The average molecular weight is 580 g/mol. The van der Waals surface area contributed by atoms with Crippen LogP contribution in [0, 0.1) is 5.92 Å². The Labute approximate surface area is 238 Å². The smallest absolute Gasteiger partial charge is 0.326 e. The van der Waals surface area contributed by atoms with Gasteiger partial charge in [-0.05, 0) is 54.4 Å². The lowest BCUT2D eigenvalue weighted by Crippen LogP contribution is -2.58. The summed E-state index contributed by atoms with van der Waals surface area (Å²) in [6, 6.07) is 3.77. The Bertz CT molecular complexity index is 1110. The Morgan fingerprint density at radius 2 is 1.49 bits per heavy atom. The maximum atomic E-state index is 13.5. The van der Waals surface area contributed by atoms with E-state index in [2.05, 4.69) is 20.9 Å². The third-order valence-electron chi connectivity index (χ3n) is 6.76. The maximum absolute atomic E-state index is 13.5. The third-order valence-corrected chi connectivity index (χ3v) is 8.05. The van der Waals surface area contributed by atoms with Gasteiger partial charge in [0.25, 0.3) is 0 Å². The normalized spacial score (nSPS) is 15.1. The summed E-state index contributed by atoms with van der Waals surface area (Å²) in [5, 5.41) is 18.7. The summed E-state index contributed by atoms with van der Waals surface area (Å²) in [5.74, 6) is -1.60. The maximum Gasteiger partial charge on any atom is 0.326 e. The van der Waals surface area contributed by atoms with Gasteiger partial charge in [0.2, 0.25) is 17.7 Å². The second-order valence-electron chi connectivity index (χ2n) is 9.56. The minimum absolute atomic E-state index is 0.0658. The number of aliphatic carboxylic acids is 1. The summed E-state index contributed by atoms with van der Waals surface area (Å²) in [7, 11) is 0. The summed E-state index contributed by atoms with van der Waals surface area (Å²) in [4.78, 5) is 54.6. The molecule has 39 heavy (non-hydrogen) atoms. The number of carbonyl (C=O) groups is 4. The van der Waals surface area contributed by atoms with Crippen LogP contribution in [0.3, 0.4) is 0 Å². The predicted molar refractivity (Wildman–Crippen MR) is 159 cm³/mol. The van der Waals surface area contributed by atoms with Gasteiger partial charge in [0, 0.05) is 23.5 Å². The SMILES string of the molecule is CCC(C)C(N)C(=O)NC(CCSC)C(=O)NC(Cc1c[nH]c2ccccc12)C(=O)NC(CCSC)C(=O)O. The molecule has 3 amide bonds. The molecule has 0 spiro atoms. The lowest BCUT2D eigenvalue weighted by molar-refractivity contribution is -0.142. The number of hydrogen-bond donors (Lipinski definition) is 6. The largest absolute Gasteiger partial charge is 0.480 e. The Balaban J connectivity index is 2.30. The van der Waals surface area contributed by atoms with Crippen molar-refractivity contribution in [1.29, 1.82) is 0 Å². The molecule has 12 heteroatoms. The first-order chi connectivity index (χ1) is 18.6. The summed E-state index contributed by atoms with van der Waals surface area (Å²) in [6.07, 6.45) is 6.97. The van der Waals surface area contributed by atoms with Crippen LogP contribution in [0.1, 0.15) is 38.7 Å². The van der Waals surface area contributed by atoms with E-state index in [0.717, 1.165) is 16.5 Å². The molecule has 0 aliphatic rings. The van der Waals surface area contributed by atoms with Crippen LogP contribution in [0.5, 0.6) is 0 Å². The first-order valence-electron chi connectivity index (χ1n) is 13.0. The van der Waals surface area contributed by atoms with Crippen LogP contribution < -0.4 is 21.7 Å². The molecule has 0 radical (unpaired) electrons. The minimum Gasteiger partial charge on any atom is -0.480 e. The molecular formula is C27H41N5O5S2. The number of carboxylic acid groups (broad SMARTS) is 1. The van der Waals surface area contributed by atoms with Crippen molar-refractivity contribution in [2.24, 2.45) is 11.7 Å². The number of carbonyl (C=O) groups excluding carboxylic acids is 3. The number of nitrogens with one attached hydrogen (secondary N) is 4. The molecule has 2 rings (SSSR count). The fourth-order valence-corrected chi connectivity index (χ4v) is 5.00. The van der Waals surface area contributed by atoms with Crippen molar-refractivity contribution in [3.05, 3.63) is 36.0 Å². The summed E-state index contributed by atoms with van der Waals surface area (Å²) >= 11 is 3.01. The molecular weight excluding hydrogens is 538 g/mol. The van der Waals surface area contributed by atoms with E-state index < -0.39 is 47.9 Å². The highest BCUT2D eigenvalue weighted by molar-refractivity contribution is 7.98. The van der Waals surface area contributed by atoms with Crippen molar-refractivity contribution in [2.45, 2.75) is 63.7 Å². The van der Waals surface area contributed by atoms with E-state index in [-0.39, 0.29) is 18.8 Å². The third kappa shape index (κ3) is 9.77. The number of fused-ring (bicyclic) bond motifs is 1. The van der Waals surface area contributed by atoms with Crippen molar-refractivity contribution in [2.75, 3.05) is 24.0 Å². The number of carboxylic acids is 1. The van der Waals surface area contributed by atoms with Crippen molar-refractivity contribution in [3.8, 4) is 0 Å². The molecule has 1 aromatic carbocycles. The molecule has 0 bridgehead atoms. The average Bonchev–Trinajstić information content (AvgIpc) is 3.34. The standard InChI is InChI=1S/C27H41N5O5S2/c1-5-16(2)23(28)26(35)30-20(10-12-38-3)24(33)32-22(25(34)31-21(27(36)37)11-13-39-4)14-17-15-29-19-9-7-6-8-18(17)19/h6-9,15-16,20-23,29H,5,10-14,28H2,1-4H3,(H,30,35)(H,31,34)(H,32,33)(H,36,37).